The molecule has 0 aliphatic heterocycles. The van der Waals surface area contributed by atoms with Crippen LogP contribution in [0.5, 0.6) is 0 Å². The fourth-order valence-electron chi connectivity index (χ4n) is 0.978. The van der Waals surface area contributed by atoms with Crippen molar-refractivity contribution in [3.8, 4) is 0 Å². The first-order valence-electron chi connectivity index (χ1n) is 4.18. The molecule has 1 aromatic carbocycles. The second kappa shape index (κ2) is 4.54. The van der Waals surface area contributed by atoms with E-state index < -0.39 is 10.1 Å². The molecule has 0 saturated heterocycles. The predicted octanol–water partition coefficient (Wildman–Crippen LogP) is 1.47. The maximum absolute atomic E-state index is 10.7. The Kier molecular flexibility index (Phi) is 3.62. The Bertz CT molecular complexity index is 380. The summed E-state index contributed by atoms with van der Waals surface area (Å²) in [5.41, 5.74) is 0.874. The Morgan fingerprint density at radius 3 is 2.29 bits per heavy atom. The summed E-state index contributed by atoms with van der Waals surface area (Å²) in [6.07, 6.45) is 0. The molecular weight excluding hydrogens is 204 g/mol. The van der Waals surface area contributed by atoms with E-state index >= 15 is 0 Å². The summed E-state index contributed by atoms with van der Waals surface area (Å²) < 4.78 is 35.2. The summed E-state index contributed by atoms with van der Waals surface area (Å²) in [7, 11) is -4.08. The molecule has 0 amide bonds. The summed E-state index contributed by atoms with van der Waals surface area (Å²) in [6.45, 7) is 2.94. The molecule has 0 bridgehead atoms. The van der Waals surface area contributed by atoms with Crippen LogP contribution < -0.4 is 0 Å². The zero-order chi connectivity index (χ0) is 10.6. The lowest BCUT2D eigenvalue weighted by Crippen LogP contribution is -1.98. The molecular formula is C9H12O4S. The number of ether oxygens (including phenoxy) is 1. The number of hydrogen-bond acceptors (Lipinski definition) is 3. The maximum Gasteiger partial charge on any atom is 0.294 e. The van der Waals surface area contributed by atoms with Crippen LogP contribution in [-0.2, 0) is 21.5 Å². The molecule has 0 saturated carbocycles. The summed E-state index contributed by atoms with van der Waals surface area (Å²) in [4.78, 5) is -0.0993. The van der Waals surface area contributed by atoms with E-state index in [0.29, 0.717) is 13.2 Å². The third-order valence-corrected chi connectivity index (χ3v) is 2.56. The van der Waals surface area contributed by atoms with Crippen LogP contribution in [0.15, 0.2) is 29.2 Å². The molecule has 0 radical (unpaired) electrons. The van der Waals surface area contributed by atoms with Crippen LogP contribution >= 0.6 is 0 Å². The molecule has 1 rings (SSSR count). The van der Waals surface area contributed by atoms with Gasteiger partial charge in [-0.3, -0.25) is 4.55 Å². The molecule has 0 heterocycles. The third-order valence-electron chi connectivity index (χ3n) is 1.69. The Labute approximate surface area is 83.3 Å². The summed E-state index contributed by atoms with van der Waals surface area (Å²) in [5.74, 6) is 0. The highest BCUT2D eigenvalue weighted by Gasteiger charge is 2.07. The van der Waals surface area contributed by atoms with Crippen molar-refractivity contribution in [2.75, 3.05) is 6.61 Å². The lowest BCUT2D eigenvalue weighted by molar-refractivity contribution is 0.134. The lowest BCUT2D eigenvalue weighted by Gasteiger charge is -2.02. The van der Waals surface area contributed by atoms with E-state index in [0.717, 1.165) is 5.56 Å². The van der Waals surface area contributed by atoms with Crippen molar-refractivity contribution in [2.45, 2.75) is 18.4 Å². The standard InChI is InChI=1S/C9H12O4S/c1-2-13-7-8-3-5-9(6-4-8)14(10,11)12/h3-6H,2,7H2,1H3,(H,10,11,12). The molecule has 0 aliphatic rings. The highest BCUT2D eigenvalue weighted by atomic mass is 32.2. The van der Waals surface area contributed by atoms with Crippen molar-refractivity contribution in [2.24, 2.45) is 0 Å². The van der Waals surface area contributed by atoms with Gasteiger partial charge in [-0.25, -0.2) is 0 Å². The van der Waals surface area contributed by atoms with Crippen molar-refractivity contribution in [1.29, 1.82) is 0 Å². The number of rotatable bonds is 4. The van der Waals surface area contributed by atoms with Gasteiger partial charge in [0.25, 0.3) is 10.1 Å². The minimum atomic E-state index is -4.08. The van der Waals surface area contributed by atoms with Gasteiger partial charge in [-0.2, -0.15) is 8.42 Å². The van der Waals surface area contributed by atoms with E-state index in [1.165, 1.54) is 12.1 Å². The molecule has 0 fully saturated rings. The van der Waals surface area contributed by atoms with Crippen LogP contribution in [0.3, 0.4) is 0 Å². The van der Waals surface area contributed by atoms with Gasteiger partial charge in [0, 0.05) is 6.61 Å². The van der Waals surface area contributed by atoms with E-state index in [1.807, 2.05) is 6.92 Å². The van der Waals surface area contributed by atoms with Gasteiger partial charge in [-0.05, 0) is 24.6 Å². The fourth-order valence-corrected chi connectivity index (χ4v) is 1.46. The molecule has 0 atom stereocenters. The monoisotopic (exact) mass is 216 g/mol. The van der Waals surface area contributed by atoms with E-state index in [2.05, 4.69) is 0 Å². The number of hydrogen-bond donors (Lipinski definition) is 1. The molecule has 1 aromatic rings. The minimum absolute atomic E-state index is 0.0993. The average Bonchev–Trinajstić information content (AvgIpc) is 2.14. The molecule has 0 aromatic heterocycles. The van der Waals surface area contributed by atoms with Gasteiger partial charge in [0.1, 0.15) is 0 Å². The predicted molar refractivity (Wildman–Crippen MR) is 51.6 cm³/mol. The van der Waals surface area contributed by atoms with Crippen LogP contribution in [-0.4, -0.2) is 19.6 Å². The Morgan fingerprint density at radius 2 is 1.86 bits per heavy atom. The van der Waals surface area contributed by atoms with Crippen LogP contribution in [0.2, 0.25) is 0 Å². The molecule has 5 heteroatoms. The summed E-state index contributed by atoms with van der Waals surface area (Å²) in [6, 6.07) is 5.92. The largest absolute Gasteiger partial charge is 0.377 e. The Hall–Kier alpha value is -0.910. The van der Waals surface area contributed by atoms with Gasteiger partial charge in [-0.1, -0.05) is 12.1 Å². The zero-order valence-corrected chi connectivity index (χ0v) is 8.62. The Morgan fingerprint density at radius 1 is 1.29 bits per heavy atom. The average molecular weight is 216 g/mol. The van der Waals surface area contributed by atoms with Crippen molar-refractivity contribution in [3.63, 3.8) is 0 Å². The van der Waals surface area contributed by atoms with Gasteiger partial charge < -0.3 is 4.74 Å². The van der Waals surface area contributed by atoms with E-state index in [4.69, 9.17) is 9.29 Å². The second-order valence-corrected chi connectivity index (χ2v) is 4.18. The van der Waals surface area contributed by atoms with Crippen molar-refractivity contribution >= 4 is 10.1 Å². The second-order valence-electron chi connectivity index (χ2n) is 2.76. The van der Waals surface area contributed by atoms with Crippen LogP contribution in [0.25, 0.3) is 0 Å². The smallest absolute Gasteiger partial charge is 0.294 e. The molecule has 1 N–H and O–H groups in total. The lowest BCUT2D eigenvalue weighted by atomic mass is 10.2. The Balaban J connectivity index is 2.79. The van der Waals surface area contributed by atoms with Gasteiger partial charge in [0.05, 0.1) is 11.5 Å². The van der Waals surface area contributed by atoms with Crippen LogP contribution in [0.1, 0.15) is 12.5 Å². The SMILES string of the molecule is CCOCc1ccc(S(=O)(=O)O)cc1. The van der Waals surface area contributed by atoms with Gasteiger partial charge in [0.15, 0.2) is 0 Å². The molecule has 0 spiro atoms. The minimum Gasteiger partial charge on any atom is -0.377 e. The van der Waals surface area contributed by atoms with E-state index in [1.54, 1.807) is 12.1 Å². The molecule has 0 unspecified atom stereocenters. The van der Waals surface area contributed by atoms with Crippen molar-refractivity contribution < 1.29 is 17.7 Å². The maximum atomic E-state index is 10.7. The first kappa shape index (κ1) is 11.2. The normalized spacial score (nSPS) is 11.6. The summed E-state index contributed by atoms with van der Waals surface area (Å²) in [5, 5.41) is 0. The number of benzene rings is 1. The van der Waals surface area contributed by atoms with Crippen molar-refractivity contribution in [3.05, 3.63) is 29.8 Å². The molecule has 0 aliphatic carbocycles. The molecule has 78 valence electrons. The van der Waals surface area contributed by atoms with Gasteiger partial charge >= 0.3 is 0 Å². The summed E-state index contributed by atoms with van der Waals surface area (Å²) >= 11 is 0. The van der Waals surface area contributed by atoms with Gasteiger partial charge in [0.2, 0.25) is 0 Å². The van der Waals surface area contributed by atoms with Crippen molar-refractivity contribution in [1.82, 2.24) is 0 Å². The van der Waals surface area contributed by atoms with E-state index in [-0.39, 0.29) is 4.90 Å². The molecule has 14 heavy (non-hydrogen) atoms. The highest BCUT2D eigenvalue weighted by Crippen LogP contribution is 2.10. The fraction of sp³-hybridized carbons (Fsp3) is 0.333. The zero-order valence-electron chi connectivity index (χ0n) is 7.80. The topological polar surface area (TPSA) is 63.6 Å². The van der Waals surface area contributed by atoms with Crippen LogP contribution in [0, 0.1) is 0 Å². The van der Waals surface area contributed by atoms with Crippen LogP contribution in [0.4, 0.5) is 0 Å². The highest BCUT2D eigenvalue weighted by molar-refractivity contribution is 7.85. The van der Waals surface area contributed by atoms with Gasteiger partial charge in [-0.15, -0.1) is 0 Å². The first-order chi connectivity index (χ1) is 6.54. The quantitative estimate of drug-likeness (QED) is 0.774. The molecule has 4 nitrogen and oxygen atoms in total. The third kappa shape index (κ3) is 3.10. The first-order valence-corrected chi connectivity index (χ1v) is 5.62. The van der Waals surface area contributed by atoms with E-state index in [9.17, 15) is 8.42 Å².